The summed E-state index contributed by atoms with van der Waals surface area (Å²) in [6, 6.07) is 5.57. The van der Waals surface area contributed by atoms with Gasteiger partial charge in [-0.05, 0) is 31.9 Å². The first-order chi connectivity index (χ1) is 10.2. The number of pyridine rings is 1. The van der Waals surface area contributed by atoms with Gasteiger partial charge in [-0.3, -0.25) is 9.59 Å². The molecule has 1 aromatic heterocycles. The minimum atomic E-state index is -0.299. The van der Waals surface area contributed by atoms with Gasteiger partial charge in [0.15, 0.2) is 0 Å². The number of esters is 2. The first kappa shape index (κ1) is 17.5. The van der Waals surface area contributed by atoms with Gasteiger partial charge in [-0.15, -0.1) is 0 Å². The molecule has 0 aliphatic heterocycles. The Morgan fingerprint density at radius 3 is 2.76 bits per heavy atom. The van der Waals surface area contributed by atoms with E-state index in [0.29, 0.717) is 25.9 Å². The smallest absolute Gasteiger partial charge is 0.319 e. The molecule has 1 heterocycles. The van der Waals surface area contributed by atoms with Crippen LogP contribution < -0.4 is 0 Å². The van der Waals surface area contributed by atoms with E-state index in [4.69, 9.17) is 9.47 Å². The average molecular weight is 311 g/mol. The number of ether oxygens (including phenoxy) is 2. The van der Waals surface area contributed by atoms with Crippen LogP contribution in [-0.4, -0.2) is 35.9 Å². The molecule has 0 bridgehead atoms. The van der Waals surface area contributed by atoms with Crippen LogP contribution >= 0.6 is 11.8 Å². The van der Waals surface area contributed by atoms with Crippen LogP contribution in [0.5, 0.6) is 0 Å². The third-order valence-corrected chi connectivity index (χ3v) is 3.96. The molecule has 0 spiro atoms. The molecule has 1 rings (SSSR count). The number of methoxy groups -OCH3 is 1. The van der Waals surface area contributed by atoms with Crippen molar-refractivity contribution in [2.75, 3.05) is 13.7 Å². The second kappa shape index (κ2) is 10.2. The quantitative estimate of drug-likeness (QED) is 0.397. The van der Waals surface area contributed by atoms with Crippen LogP contribution in [-0.2, 0) is 19.1 Å². The molecular weight excluding hydrogens is 290 g/mol. The number of carbonyl (C=O) groups is 2. The highest BCUT2D eigenvalue weighted by atomic mass is 32.2. The van der Waals surface area contributed by atoms with Crippen LogP contribution in [0.2, 0.25) is 0 Å². The summed E-state index contributed by atoms with van der Waals surface area (Å²) < 4.78 is 9.69. The molecule has 5 nitrogen and oxygen atoms in total. The molecule has 21 heavy (non-hydrogen) atoms. The molecule has 0 radical (unpaired) electrons. The summed E-state index contributed by atoms with van der Waals surface area (Å²) in [5.74, 6) is -0.453. The van der Waals surface area contributed by atoms with Crippen molar-refractivity contribution in [2.24, 2.45) is 0 Å². The molecule has 0 aromatic carbocycles. The highest BCUT2D eigenvalue weighted by molar-refractivity contribution is 8.00. The van der Waals surface area contributed by atoms with Crippen molar-refractivity contribution in [3.8, 4) is 0 Å². The number of aromatic nitrogens is 1. The Balaban J connectivity index is 2.40. The molecule has 0 amide bonds. The number of carbonyl (C=O) groups excluding carboxylic acids is 2. The summed E-state index contributed by atoms with van der Waals surface area (Å²) in [6.45, 7) is 2.19. The molecule has 0 saturated carbocycles. The van der Waals surface area contributed by atoms with Crippen molar-refractivity contribution in [1.29, 1.82) is 0 Å². The third kappa shape index (κ3) is 7.13. The molecule has 0 aliphatic carbocycles. The maximum atomic E-state index is 11.8. The van der Waals surface area contributed by atoms with Crippen LogP contribution in [0.3, 0.4) is 0 Å². The van der Waals surface area contributed by atoms with Crippen molar-refractivity contribution < 1.29 is 19.1 Å². The summed E-state index contributed by atoms with van der Waals surface area (Å²) >= 11 is 1.39. The van der Waals surface area contributed by atoms with Gasteiger partial charge in [-0.1, -0.05) is 24.2 Å². The lowest BCUT2D eigenvalue weighted by molar-refractivity contribution is -0.143. The van der Waals surface area contributed by atoms with Crippen molar-refractivity contribution in [3.05, 3.63) is 24.4 Å². The van der Waals surface area contributed by atoms with E-state index in [1.807, 2.05) is 18.2 Å². The van der Waals surface area contributed by atoms with E-state index in [-0.39, 0.29) is 17.2 Å². The highest BCUT2D eigenvalue weighted by Gasteiger charge is 2.20. The lowest BCUT2D eigenvalue weighted by Crippen LogP contribution is -2.19. The van der Waals surface area contributed by atoms with Gasteiger partial charge < -0.3 is 9.47 Å². The Labute approximate surface area is 129 Å². The first-order valence-corrected chi connectivity index (χ1v) is 7.86. The molecule has 1 unspecified atom stereocenters. The molecule has 116 valence electrons. The van der Waals surface area contributed by atoms with Crippen molar-refractivity contribution in [1.82, 2.24) is 4.98 Å². The molecule has 0 N–H and O–H groups in total. The van der Waals surface area contributed by atoms with Gasteiger partial charge in [-0.25, -0.2) is 4.98 Å². The Morgan fingerprint density at radius 1 is 1.33 bits per heavy atom. The van der Waals surface area contributed by atoms with Gasteiger partial charge in [0.05, 0.1) is 18.7 Å². The lowest BCUT2D eigenvalue weighted by Gasteiger charge is -2.13. The van der Waals surface area contributed by atoms with Crippen LogP contribution in [0.25, 0.3) is 0 Å². The molecule has 0 aliphatic rings. The fraction of sp³-hybridized carbons (Fsp3) is 0.533. The van der Waals surface area contributed by atoms with E-state index >= 15 is 0 Å². The lowest BCUT2D eigenvalue weighted by atomic mass is 10.1. The summed E-state index contributed by atoms with van der Waals surface area (Å²) in [4.78, 5) is 27.2. The van der Waals surface area contributed by atoms with Gasteiger partial charge >= 0.3 is 11.9 Å². The van der Waals surface area contributed by atoms with Gasteiger partial charge in [0.2, 0.25) is 0 Å². The summed E-state index contributed by atoms with van der Waals surface area (Å²) in [5.41, 5.74) is 0. The standard InChI is InChI=1S/C15H21NO4S/c1-3-20-14(17)10-5-4-8-12(15(18)19-2)21-13-9-6-7-11-16-13/h6-7,9,11-12H,3-5,8,10H2,1-2H3. The fourth-order valence-corrected chi connectivity index (χ4v) is 2.80. The zero-order valence-electron chi connectivity index (χ0n) is 12.4. The topological polar surface area (TPSA) is 65.5 Å². The van der Waals surface area contributed by atoms with Crippen molar-refractivity contribution >= 4 is 23.7 Å². The van der Waals surface area contributed by atoms with E-state index in [9.17, 15) is 9.59 Å². The second-order valence-electron chi connectivity index (χ2n) is 4.35. The van der Waals surface area contributed by atoms with Crippen LogP contribution in [0, 0.1) is 0 Å². The van der Waals surface area contributed by atoms with Crippen molar-refractivity contribution in [3.63, 3.8) is 0 Å². The minimum Gasteiger partial charge on any atom is -0.468 e. The van der Waals surface area contributed by atoms with E-state index in [2.05, 4.69) is 4.98 Å². The van der Waals surface area contributed by atoms with Gasteiger partial charge in [0.1, 0.15) is 5.25 Å². The average Bonchev–Trinajstić information content (AvgIpc) is 2.51. The number of rotatable bonds is 9. The van der Waals surface area contributed by atoms with Crippen molar-refractivity contribution in [2.45, 2.75) is 42.9 Å². The fourth-order valence-electron chi connectivity index (χ4n) is 1.75. The Morgan fingerprint density at radius 2 is 2.14 bits per heavy atom. The summed E-state index contributed by atoms with van der Waals surface area (Å²) in [5, 5.41) is 0.491. The Hall–Kier alpha value is -1.56. The molecule has 1 atom stereocenters. The van der Waals surface area contributed by atoms with E-state index in [0.717, 1.165) is 11.4 Å². The number of nitrogens with zero attached hydrogens (tertiary/aromatic N) is 1. The predicted octanol–water partition coefficient (Wildman–Crippen LogP) is 2.84. The Bertz CT molecular complexity index is 439. The third-order valence-electron chi connectivity index (χ3n) is 2.77. The van der Waals surface area contributed by atoms with E-state index < -0.39 is 0 Å². The first-order valence-electron chi connectivity index (χ1n) is 6.98. The normalized spacial score (nSPS) is 11.7. The molecule has 0 saturated heterocycles. The van der Waals surface area contributed by atoms with Gasteiger partial charge in [0, 0.05) is 12.6 Å². The van der Waals surface area contributed by atoms with E-state index in [1.54, 1.807) is 13.1 Å². The number of unbranched alkanes of at least 4 members (excludes halogenated alkanes) is 1. The molecule has 0 fully saturated rings. The maximum absolute atomic E-state index is 11.8. The maximum Gasteiger partial charge on any atom is 0.319 e. The molecule has 6 heteroatoms. The monoisotopic (exact) mass is 311 g/mol. The number of thioether (sulfide) groups is 1. The predicted molar refractivity (Wildman–Crippen MR) is 81.0 cm³/mol. The highest BCUT2D eigenvalue weighted by Crippen LogP contribution is 2.26. The number of hydrogen-bond acceptors (Lipinski definition) is 6. The Kier molecular flexibility index (Phi) is 8.50. The SMILES string of the molecule is CCOC(=O)CCCCC(Sc1ccccn1)C(=O)OC. The zero-order chi connectivity index (χ0) is 15.5. The number of hydrogen-bond donors (Lipinski definition) is 0. The molecular formula is C15H21NO4S. The zero-order valence-corrected chi connectivity index (χ0v) is 13.2. The second-order valence-corrected chi connectivity index (χ2v) is 5.57. The van der Waals surface area contributed by atoms with Gasteiger partial charge in [-0.2, -0.15) is 0 Å². The minimum absolute atomic E-state index is 0.190. The van der Waals surface area contributed by atoms with Crippen LogP contribution in [0.15, 0.2) is 29.4 Å². The largest absolute Gasteiger partial charge is 0.468 e. The summed E-state index contributed by atoms with van der Waals surface area (Å²) in [7, 11) is 1.38. The van der Waals surface area contributed by atoms with Crippen LogP contribution in [0.1, 0.15) is 32.6 Å². The molecule has 1 aromatic rings. The van der Waals surface area contributed by atoms with Gasteiger partial charge in [0.25, 0.3) is 0 Å². The van der Waals surface area contributed by atoms with E-state index in [1.165, 1.54) is 18.9 Å². The summed E-state index contributed by atoms with van der Waals surface area (Å²) in [6.07, 6.45) is 4.19. The van der Waals surface area contributed by atoms with Crippen LogP contribution in [0.4, 0.5) is 0 Å².